The van der Waals surface area contributed by atoms with Crippen molar-refractivity contribution in [1.29, 1.82) is 0 Å². The van der Waals surface area contributed by atoms with Crippen LogP contribution >= 0.6 is 0 Å². The summed E-state index contributed by atoms with van der Waals surface area (Å²) in [7, 11) is 0. The van der Waals surface area contributed by atoms with Crippen LogP contribution in [0.2, 0.25) is 0 Å². The first-order valence-corrected chi connectivity index (χ1v) is 10.0. The quantitative estimate of drug-likeness (QED) is 0.525. The molecule has 2 nitrogen and oxygen atoms in total. The number of aryl methyl sites for hydroxylation is 1. The molecule has 160 valence electrons. The molecule has 30 heavy (non-hydrogen) atoms. The summed E-state index contributed by atoms with van der Waals surface area (Å²) >= 11 is 0. The predicted molar refractivity (Wildman–Crippen MR) is 112 cm³/mol. The van der Waals surface area contributed by atoms with E-state index in [1.54, 1.807) is 6.92 Å². The zero-order valence-corrected chi connectivity index (χ0v) is 18.2. The van der Waals surface area contributed by atoms with Gasteiger partial charge in [0.25, 0.3) is 0 Å². The Morgan fingerprint density at radius 1 is 0.967 bits per heavy atom. The maximum atomic E-state index is 13.2. The Morgan fingerprint density at radius 2 is 1.53 bits per heavy atom. The number of alkyl halides is 3. The van der Waals surface area contributed by atoms with Gasteiger partial charge in [0.2, 0.25) is 0 Å². The van der Waals surface area contributed by atoms with Crippen molar-refractivity contribution >= 4 is 11.5 Å². The number of rotatable bonds is 4. The largest absolute Gasteiger partial charge is 0.465 e. The molecule has 0 aromatic heterocycles. The molecule has 1 unspecified atom stereocenters. The van der Waals surface area contributed by atoms with Gasteiger partial charge in [0.15, 0.2) is 0 Å². The van der Waals surface area contributed by atoms with E-state index in [4.69, 9.17) is 4.74 Å². The molecule has 0 bridgehead atoms. The van der Waals surface area contributed by atoms with E-state index in [9.17, 15) is 18.0 Å². The average Bonchev–Trinajstić information content (AvgIpc) is 3.26. The van der Waals surface area contributed by atoms with Crippen molar-refractivity contribution in [2.75, 3.05) is 6.61 Å². The summed E-state index contributed by atoms with van der Waals surface area (Å²) in [4.78, 5) is 13.2. The molecule has 2 aromatic rings. The lowest BCUT2D eigenvalue weighted by molar-refractivity contribution is -0.145. The normalized spacial score (nSPS) is 19.1. The number of esters is 1. The molecule has 1 aliphatic rings. The molecule has 2 aromatic carbocycles. The average molecular weight is 416 g/mol. The van der Waals surface area contributed by atoms with Gasteiger partial charge in [0, 0.05) is 0 Å². The van der Waals surface area contributed by atoms with Crippen molar-refractivity contribution < 1.29 is 22.7 Å². The summed E-state index contributed by atoms with van der Waals surface area (Å²) < 4.78 is 44.4. The molecular weight excluding hydrogens is 389 g/mol. The first kappa shape index (κ1) is 22.1. The fraction of sp³-hybridized carbons (Fsp3) is 0.400. The third kappa shape index (κ3) is 3.55. The van der Waals surface area contributed by atoms with E-state index in [0.717, 1.165) is 40.0 Å². The second-order valence-electron chi connectivity index (χ2n) is 8.83. The molecular formula is C25H27F3O2. The summed E-state index contributed by atoms with van der Waals surface area (Å²) in [5.41, 5.74) is 3.12. The monoisotopic (exact) mass is 416 g/mol. The Hall–Kier alpha value is -2.56. The molecule has 5 heteroatoms. The van der Waals surface area contributed by atoms with Gasteiger partial charge in [-0.2, -0.15) is 13.2 Å². The van der Waals surface area contributed by atoms with Crippen molar-refractivity contribution in [3.05, 3.63) is 75.9 Å². The Morgan fingerprint density at radius 3 is 2.03 bits per heavy atom. The number of ether oxygens (including phenoxy) is 1. The van der Waals surface area contributed by atoms with Crippen LogP contribution in [0.3, 0.4) is 0 Å². The van der Waals surface area contributed by atoms with Crippen molar-refractivity contribution in [2.24, 2.45) is 0 Å². The lowest BCUT2D eigenvalue weighted by Gasteiger charge is -2.26. The smallest absolute Gasteiger partial charge is 0.416 e. The van der Waals surface area contributed by atoms with E-state index in [0.29, 0.717) is 5.56 Å². The van der Waals surface area contributed by atoms with Gasteiger partial charge < -0.3 is 4.74 Å². The molecule has 0 heterocycles. The Kier molecular flexibility index (Phi) is 5.38. The molecule has 1 aliphatic carbocycles. The molecule has 0 spiro atoms. The van der Waals surface area contributed by atoms with Crippen LogP contribution in [0, 0.1) is 6.92 Å². The SMILES string of the molecule is CCOC(=O)C1(c2cc(C(C)(C)C)ccc2C)C(C)=C1c1ccc(C(F)(F)F)cc1. The number of carbonyl (C=O) groups excluding carboxylic acids is 1. The maximum Gasteiger partial charge on any atom is 0.416 e. The zero-order valence-electron chi connectivity index (χ0n) is 18.2. The van der Waals surface area contributed by atoms with Crippen molar-refractivity contribution in [2.45, 2.75) is 58.5 Å². The van der Waals surface area contributed by atoms with E-state index in [-0.39, 0.29) is 18.0 Å². The van der Waals surface area contributed by atoms with Gasteiger partial charge >= 0.3 is 12.1 Å². The van der Waals surface area contributed by atoms with E-state index >= 15 is 0 Å². The third-order valence-electron chi connectivity index (χ3n) is 5.84. The molecule has 0 aliphatic heterocycles. The lowest BCUT2D eigenvalue weighted by atomic mass is 9.78. The fourth-order valence-corrected chi connectivity index (χ4v) is 4.10. The molecule has 3 rings (SSSR count). The van der Waals surface area contributed by atoms with Crippen LogP contribution in [-0.4, -0.2) is 12.6 Å². The van der Waals surface area contributed by atoms with Crippen molar-refractivity contribution in [3.8, 4) is 0 Å². The van der Waals surface area contributed by atoms with Crippen LogP contribution in [0.1, 0.15) is 62.4 Å². The first-order valence-electron chi connectivity index (χ1n) is 10.0. The summed E-state index contributed by atoms with van der Waals surface area (Å²) in [6.45, 7) is 12.1. The van der Waals surface area contributed by atoms with Crippen LogP contribution in [-0.2, 0) is 26.5 Å². The number of halogens is 3. The van der Waals surface area contributed by atoms with Gasteiger partial charge in [-0.25, -0.2) is 0 Å². The molecule has 0 N–H and O–H groups in total. The van der Waals surface area contributed by atoms with Crippen molar-refractivity contribution in [3.63, 3.8) is 0 Å². The highest BCUT2D eigenvalue weighted by atomic mass is 19.4. The summed E-state index contributed by atoms with van der Waals surface area (Å²) in [6.07, 6.45) is -4.40. The number of hydrogen-bond donors (Lipinski definition) is 0. The third-order valence-corrected chi connectivity index (χ3v) is 5.84. The fourth-order valence-electron chi connectivity index (χ4n) is 4.10. The standard InChI is InChI=1S/C25H27F3O2/c1-7-30-22(29)24(20-14-19(23(4,5)6)11-8-15(20)2)16(3)21(24)17-9-12-18(13-10-17)25(26,27)28/h8-14H,7H2,1-6H3. The van der Waals surface area contributed by atoms with E-state index in [2.05, 4.69) is 20.8 Å². The van der Waals surface area contributed by atoms with Gasteiger partial charge in [-0.15, -0.1) is 0 Å². The van der Waals surface area contributed by atoms with Gasteiger partial charge in [-0.1, -0.05) is 51.1 Å². The minimum Gasteiger partial charge on any atom is -0.465 e. The number of carbonyl (C=O) groups is 1. The Labute approximate surface area is 175 Å². The molecule has 0 saturated carbocycles. The Bertz CT molecular complexity index is 1010. The topological polar surface area (TPSA) is 26.3 Å². The molecule has 1 atom stereocenters. The molecule has 0 saturated heterocycles. The van der Waals surface area contributed by atoms with Crippen LogP contribution in [0.5, 0.6) is 0 Å². The van der Waals surface area contributed by atoms with E-state index in [1.807, 2.05) is 32.0 Å². The van der Waals surface area contributed by atoms with E-state index < -0.39 is 17.2 Å². The van der Waals surface area contributed by atoms with Crippen LogP contribution in [0.25, 0.3) is 5.57 Å². The van der Waals surface area contributed by atoms with Gasteiger partial charge in [-0.05, 0) is 71.7 Å². The molecule has 0 radical (unpaired) electrons. The highest BCUT2D eigenvalue weighted by Gasteiger charge is 2.60. The molecule has 0 fully saturated rings. The number of hydrogen-bond acceptors (Lipinski definition) is 2. The summed E-state index contributed by atoms with van der Waals surface area (Å²) in [6, 6.07) is 11.1. The van der Waals surface area contributed by atoms with Crippen LogP contribution in [0.4, 0.5) is 13.2 Å². The first-order chi connectivity index (χ1) is 13.8. The zero-order chi connectivity index (χ0) is 22.5. The number of benzene rings is 2. The van der Waals surface area contributed by atoms with Crippen LogP contribution in [0.15, 0.2) is 48.0 Å². The maximum absolute atomic E-state index is 13.2. The summed E-state index contributed by atoms with van der Waals surface area (Å²) in [5, 5.41) is 0. The summed E-state index contributed by atoms with van der Waals surface area (Å²) in [5.74, 6) is -0.383. The lowest BCUT2D eigenvalue weighted by Crippen LogP contribution is -2.29. The van der Waals surface area contributed by atoms with Gasteiger partial charge in [0.1, 0.15) is 5.41 Å². The highest BCUT2D eigenvalue weighted by molar-refractivity contribution is 6.15. The Balaban J connectivity index is 2.14. The minimum absolute atomic E-state index is 0.115. The minimum atomic E-state index is -4.40. The van der Waals surface area contributed by atoms with Gasteiger partial charge in [0.05, 0.1) is 12.2 Å². The van der Waals surface area contributed by atoms with Gasteiger partial charge in [-0.3, -0.25) is 4.79 Å². The van der Waals surface area contributed by atoms with Crippen molar-refractivity contribution in [1.82, 2.24) is 0 Å². The molecule has 0 amide bonds. The predicted octanol–water partition coefficient (Wildman–Crippen LogP) is 6.60. The highest BCUT2D eigenvalue weighted by Crippen LogP contribution is 2.61. The van der Waals surface area contributed by atoms with E-state index in [1.165, 1.54) is 12.1 Å². The van der Waals surface area contributed by atoms with Crippen LogP contribution < -0.4 is 0 Å². The second-order valence-corrected chi connectivity index (χ2v) is 8.83. The second kappa shape index (κ2) is 7.29.